The number of anilines is 1. The fourth-order valence-corrected chi connectivity index (χ4v) is 6.00. The molecule has 2 aromatic carbocycles. The highest BCUT2D eigenvalue weighted by Gasteiger charge is 2.26. The second-order valence-electron chi connectivity index (χ2n) is 11.6. The smallest absolute Gasteiger partial charge is 0.319 e. The quantitative estimate of drug-likeness (QED) is 0.217. The van der Waals surface area contributed by atoms with Gasteiger partial charge in [0, 0.05) is 41.0 Å². The molecule has 1 saturated heterocycles. The summed E-state index contributed by atoms with van der Waals surface area (Å²) in [6.07, 6.45) is 5.85. The summed E-state index contributed by atoms with van der Waals surface area (Å²) in [5.41, 5.74) is 4.10. The number of aromatic nitrogens is 4. The standard InChI is InChI=1S/C31H40ClFN6O/c1-7-11-39(13-10-18(2)3)30-22-15-24(32)27(26-20(5)19(4)14-25-23(26)16-34-37-25)28(33)29(22)35-31(36-30)40-17-21-9-8-12-38(21)6/h14-16,18,21H,7-13,17H2,1-6H3,(H,34,37). The lowest BCUT2D eigenvalue weighted by Crippen LogP contribution is -2.31. The van der Waals surface area contributed by atoms with Crippen molar-refractivity contribution in [2.24, 2.45) is 5.92 Å². The van der Waals surface area contributed by atoms with E-state index < -0.39 is 5.82 Å². The minimum Gasteiger partial charge on any atom is -0.462 e. The molecule has 0 radical (unpaired) electrons. The van der Waals surface area contributed by atoms with Crippen LogP contribution in [-0.2, 0) is 0 Å². The Morgan fingerprint density at radius 1 is 1.18 bits per heavy atom. The number of nitrogens with zero attached hydrogens (tertiary/aromatic N) is 5. The van der Waals surface area contributed by atoms with Crippen LogP contribution in [0.3, 0.4) is 0 Å². The molecule has 1 fully saturated rings. The molecule has 7 nitrogen and oxygen atoms in total. The second kappa shape index (κ2) is 11.9. The van der Waals surface area contributed by atoms with Gasteiger partial charge in [-0.2, -0.15) is 15.1 Å². The predicted octanol–water partition coefficient (Wildman–Crippen LogP) is 7.32. The third-order valence-electron chi connectivity index (χ3n) is 8.20. The van der Waals surface area contributed by atoms with Gasteiger partial charge in [-0.3, -0.25) is 5.10 Å². The molecule has 0 amide bonds. The van der Waals surface area contributed by atoms with E-state index in [1.165, 1.54) is 0 Å². The first kappa shape index (κ1) is 28.6. The molecule has 1 unspecified atom stereocenters. The second-order valence-corrected chi connectivity index (χ2v) is 12.0. The predicted molar refractivity (Wildman–Crippen MR) is 162 cm³/mol. The zero-order chi connectivity index (χ0) is 28.6. The van der Waals surface area contributed by atoms with Crippen molar-refractivity contribution >= 4 is 39.2 Å². The van der Waals surface area contributed by atoms with Gasteiger partial charge in [-0.05, 0) is 82.3 Å². The van der Waals surface area contributed by atoms with E-state index in [4.69, 9.17) is 21.3 Å². The molecule has 4 aromatic rings. The van der Waals surface area contributed by atoms with Gasteiger partial charge in [0.25, 0.3) is 0 Å². The van der Waals surface area contributed by atoms with E-state index in [1.54, 1.807) is 6.20 Å². The maximum absolute atomic E-state index is 16.8. The highest BCUT2D eigenvalue weighted by atomic mass is 35.5. The number of benzene rings is 2. The molecule has 2 aromatic heterocycles. The van der Waals surface area contributed by atoms with Crippen LogP contribution in [0.5, 0.6) is 6.01 Å². The summed E-state index contributed by atoms with van der Waals surface area (Å²) in [7, 11) is 2.11. The SMILES string of the molecule is CCCN(CCC(C)C)c1nc(OCC2CCCN2C)nc2c(F)c(-c3c(C)c(C)cc4[nH]ncc34)c(Cl)cc12. The van der Waals surface area contributed by atoms with E-state index in [-0.39, 0.29) is 11.5 Å². The summed E-state index contributed by atoms with van der Waals surface area (Å²) >= 11 is 6.94. The summed E-state index contributed by atoms with van der Waals surface area (Å²) < 4.78 is 23.0. The number of rotatable bonds is 10. The Balaban J connectivity index is 1.70. The van der Waals surface area contributed by atoms with Crippen LogP contribution in [0.25, 0.3) is 32.9 Å². The minimum atomic E-state index is -0.467. The van der Waals surface area contributed by atoms with Crippen LogP contribution in [0.4, 0.5) is 10.2 Å². The van der Waals surface area contributed by atoms with E-state index in [1.807, 2.05) is 26.0 Å². The average molecular weight is 567 g/mol. The van der Waals surface area contributed by atoms with Crippen molar-refractivity contribution in [1.82, 2.24) is 25.1 Å². The molecule has 0 spiro atoms. The Morgan fingerprint density at radius 2 is 1.98 bits per heavy atom. The van der Waals surface area contributed by atoms with Crippen molar-refractivity contribution in [1.29, 1.82) is 0 Å². The van der Waals surface area contributed by atoms with E-state index in [0.29, 0.717) is 40.4 Å². The zero-order valence-corrected chi connectivity index (χ0v) is 25.2. The monoisotopic (exact) mass is 566 g/mol. The molecule has 40 heavy (non-hydrogen) atoms. The number of ether oxygens (including phenoxy) is 1. The Labute approximate surface area is 241 Å². The Morgan fingerprint density at radius 3 is 2.67 bits per heavy atom. The van der Waals surface area contributed by atoms with Crippen molar-refractivity contribution in [3.63, 3.8) is 0 Å². The number of aryl methyl sites for hydroxylation is 1. The highest BCUT2D eigenvalue weighted by Crippen LogP contribution is 2.43. The minimum absolute atomic E-state index is 0.204. The summed E-state index contributed by atoms with van der Waals surface area (Å²) in [4.78, 5) is 14.1. The Kier molecular flexibility index (Phi) is 8.47. The first-order valence-corrected chi connectivity index (χ1v) is 14.8. The van der Waals surface area contributed by atoms with Crippen LogP contribution in [0.1, 0.15) is 57.6 Å². The Hall–Kier alpha value is -2.97. The summed E-state index contributed by atoms with van der Waals surface area (Å²) in [5.74, 6) is 0.726. The molecule has 1 atom stereocenters. The number of likely N-dealkylation sites (N-methyl/N-ethyl adjacent to an activating group) is 1. The molecule has 0 aliphatic carbocycles. The van der Waals surface area contributed by atoms with Gasteiger partial charge in [0.15, 0.2) is 5.82 Å². The van der Waals surface area contributed by atoms with Crippen LogP contribution < -0.4 is 9.64 Å². The van der Waals surface area contributed by atoms with E-state index >= 15 is 4.39 Å². The van der Waals surface area contributed by atoms with Crippen molar-refractivity contribution in [2.45, 2.75) is 66.3 Å². The number of halogens is 2. The topological polar surface area (TPSA) is 70.2 Å². The lowest BCUT2D eigenvalue weighted by molar-refractivity contribution is 0.188. The fourth-order valence-electron chi connectivity index (χ4n) is 5.71. The van der Waals surface area contributed by atoms with Crippen molar-refractivity contribution in [3.8, 4) is 17.1 Å². The van der Waals surface area contributed by atoms with E-state index in [2.05, 4.69) is 52.8 Å². The van der Waals surface area contributed by atoms with Crippen LogP contribution >= 0.6 is 11.6 Å². The molecule has 1 aliphatic rings. The molecule has 0 bridgehead atoms. The molecule has 214 valence electrons. The van der Waals surface area contributed by atoms with Gasteiger partial charge in [-0.15, -0.1) is 0 Å². The molecule has 3 heterocycles. The first-order valence-electron chi connectivity index (χ1n) is 14.4. The normalized spacial score (nSPS) is 16.1. The lowest BCUT2D eigenvalue weighted by atomic mass is 9.92. The van der Waals surface area contributed by atoms with Crippen molar-refractivity contribution in [3.05, 3.63) is 40.3 Å². The fraction of sp³-hybridized carbons (Fsp3) is 0.516. The largest absolute Gasteiger partial charge is 0.462 e. The maximum Gasteiger partial charge on any atom is 0.319 e. The van der Waals surface area contributed by atoms with Gasteiger partial charge in [0.05, 0.1) is 16.7 Å². The number of fused-ring (bicyclic) bond motifs is 2. The number of nitrogens with one attached hydrogen (secondary N) is 1. The number of hydrogen-bond acceptors (Lipinski definition) is 6. The third-order valence-corrected chi connectivity index (χ3v) is 8.50. The maximum atomic E-state index is 16.8. The van der Waals surface area contributed by atoms with E-state index in [0.717, 1.165) is 72.9 Å². The van der Waals surface area contributed by atoms with Gasteiger partial charge in [-0.1, -0.05) is 32.4 Å². The van der Waals surface area contributed by atoms with Crippen LogP contribution in [0, 0.1) is 25.6 Å². The molecular weight excluding hydrogens is 527 g/mol. The highest BCUT2D eigenvalue weighted by molar-refractivity contribution is 6.35. The van der Waals surface area contributed by atoms with Gasteiger partial charge in [0.2, 0.25) is 0 Å². The van der Waals surface area contributed by atoms with Gasteiger partial charge < -0.3 is 14.5 Å². The molecular formula is C31H40ClFN6O. The van der Waals surface area contributed by atoms with Gasteiger partial charge >= 0.3 is 6.01 Å². The zero-order valence-electron chi connectivity index (χ0n) is 24.4. The molecule has 9 heteroatoms. The van der Waals surface area contributed by atoms with Gasteiger partial charge in [-0.25, -0.2) is 4.39 Å². The lowest BCUT2D eigenvalue weighted by Gasteiger charge is -2.26. The average Bonchev–Trinajstić information content (AvgIpc) is 3.55. The number of likely N-dealkylation sites (tertiary alicyclic amines) is 1. The molecule has 0 saturated carbocycles. The third kappa shape index (κ3) is 5.48. The summed E-state index contributed by atoms with van der Waals surface area (Å²) in [6.45, 7) is 13.7. The number of hydrogen-bond donors (Lipinski definition) is 1. The first-order chi connectivity index (χ1) is 19.2. The van der Waals surface area contributed by atoms with Crippen LogP contribution in [0.2, 0.25) is 5.02 Å². The molecule has 1 aliphatic heterocycles. The number of H-pyrrole nitrogens is 1. The summed E-state index contributed by atoms with van der Waals surface area (Å²) in [5, 5.41) is 8.99. The van der Waals surface area contributed by atoms with Crippen molar-refractivity contribution in [2.75, 3.05) is 38.2 Å². The summed E-state index contributed by atoms with van der Waals surface area (Å²) in [6, 6.07) is 4.35. The Bertz CT molecular complexity index is 1520. The van der Waals surface area contributed by atoms with E-state index in [9.17, 15) is 0 Å². The van der Waals surface area contributed by atoms with Gasteiger partial charge in [0.1, 0.15) is 17.9 Å². The van der Waals surface area contributed by atoms with Crippen LogP contribution in [0.15, 0.2) is 18.3 Å². The van der Waals surface area contributed by atoms with Crippen molar-refractivity contribution < 1.29 is 9.13 Å². The van der Waals surface area contributed by atoms with Crippen LogP contribution in [-0.4, -0.2) is 64.4 Å². The molecule has 1 N–H and O–H groups in total. The molecule has 5 rings (SSSR count). The number of aromatic amines is 1.